The Morgan fingerprint density at radius 3 is 2.41 bits per heavy atom. The van der Waals surface area contributed by atoms with Crippen LogP contribution in [0.15, 0.2) is 4.99 Å². The van der Waals surface area contributed by atoms with E-state index in [1.54, 1.807) is 11.9 Å². The molecule has 4 heteroatoms. The number of amides is 1. The molecular formula is C23H41N3O. The second-order valence-corrected chi connectivity index (χ2v) is 9.65. The highest BCUT2D eigenvalue weighted by Crippen LogP contribution is 2.42. The number of guanidine groups is 1. The van der Waals surface area contributed by atoms with Crippen LogP contribution in [0.2, 0.25) is 0 Å². The van der Waals surface area contributed by atoms with Crippen LogP contribution < -0.4 is 5.73 Å². The number of hydrogen-bond acceptors (Lipinski definition) is 3. The zero-order chi connectivity index (χ0) is 19.3. The first-order valence-electron chi connectivity index (χ1n) is 11.7. The summed E-state index contributed by atoms with van der Waals surface area (Å²) in [5.41, 5.74) is 5.54. The molecule has 1 heterocycles. The summed E-state index contributed by atoms with van der Waals surface area (Å²) in [6, 6.07) is 0. The average Bonchev–Trinajstić information content (AvgIpc) is 2.90. The molecule has 0 spiro atoms. The van der Waals surface area contributed by atoms with Crippen LogP contribution >= 0.6 is 0 Å². The summed E-state index contributed by atoms with van der Waals surface area (Å²) in [4.78, 5) is 19.6. The maximum Gasteiger partial charge on any atom is 0.257 e. The van der Waals surface area contributed by atoms with E-state index in [0.29, 0.717) is 11.9 Å². The third kappa shape index (κ3) is 5.06. The van der Waals surface area contributed by atoms with Gasteiger partial charge in [-0.1, -0.05) is 77.6 Å². The third-order valence-electron chi connectivity index (χ3n) is 7.55. The number of aliphatic imine (C=N–C) groups is 1. The molecule has 1 aliphatic heterocycles. The molecule has 4 nitrogen and oxygen atoms in total. The lowest BCUT2D eigenvalue weighted by atomic mass is 9.72. The third-order valence-corrected chi connectivity index (χ3v) is 7.55. The van der Waals surface area contributed by atoms with Crippen LogP contribution in [0, 0.1) is 17.8 Å². The fraction of sp³-hybridized carbons (Fsp3) is 0.913. The maximum absolute atomic E-state index is 13.2. The first-order valence-corrected chi connectivity index (χ1v) is 11.7. The summed E-state index contributed by atoms with van der Waals surface area (Å²) < 4.78 is 0. The molecule has 3 rings (SSSR count). The van der Waals surface area contributed by atoms with Crippen molar-refractivity contribution in [3.05, 3.63) is 0 Å². The van der Waals surface area contributed by atoms with E-state index in [1.807, 2.05) is 0 Å². The lowest BCUT2D eigenvalue weighted by Crippen LogP contribution is -2.44. The van der Waals surface area contributed by atoms with Gasteiger partial charge in [-0.3, -0.25) is 9.69 Å². The second-order valence-electron chi connectivity index (χ2n) is 9.65. The first-order chi connectivity index (χ1) is 13.0. The lowest BCUT2D eigenvalue weighted by molar-refractivity contribution is -0.131. The number of rotatable bonds is 8. The number of nitrogens with two attached hydrogens (primary N) is 1. The van der Waals surface area contributed by atoms with Crippen molar-refractivity contribution in [1.82, 2.24) is 4.90 Å². The van der Waals surface area contributed by atoms with Gasteiger partial charge in [0.2, 0.25) is 0 Å². The van der Waals surface area contributed by atoms with E-state index >= 15 is 0 Å². The van der Waals surface area contributed by atoms with Crippen LogP contribution in [0.5, 0.6) is 0 Å². The zero-order valence-corrected chi connectivity index (χ0v) is 17.7. The number of carbonyl (C=O) groups is 1. The molecule has 0 radical (unpaired) electrons. The van der Waals surface area contributed by atoms with E-state index in [9.17, 15) is 4.79 Å². The second kappa shape index (κ2) is 9.43. The monoisotopic (exact) mass is 375 g/mol. The molecule has 1 amide bonds. The molecule has 0 aromatic heterocycles. The van der Waals surface area contributed by atoms with E-state index in [1.165, 1.54) is 77.0 Å². The molecule has 3 atom stereocenters. The van der Waals surface area contributed by atoms with Gasteiger partial charge < -0.3 is 5.73 Å². The Bertz CT molecular complexity index is 526. The molecular weight excluding hydrogens is 334 g/mol. The molecule has 154 valence electrons. The predicted molar refractivity (Wildman–Crippen MR) is 113 cm³/mol. The van der Waals surface area contributed by atoms with Gasteiger partial charge in [0.05, 0.1) is 0 Å². The molecule has 0 aromatic carbocycles. The molecule has 2 fully saturated rings. The Morgan fingerprint density at radius 1 is 1.04 bits per heavy atom. The Kier molecular flexibility index (Phi) is 7.22. The summed E-state index contributed by atoms with van der Waals surface area (Å²) in [7, 11) is 1.80. The topological polar surface area (TPSA) is 58.7 Å². The largest absolute Gasteiger partial charge is 0.369 e. The Hall–Kier alpha value is -1.06. The normalized spacial score (nSPS) is 32.7. The van der Waals surface area contributed by atoms with Gasteiger partial charge in [0.1, 0.15) is 5.54 Å². The average molecular weight is 376 g/mol. The first kappa shape index (κ1) is 20.7. The number of nitrogens with zero attached hydrogens (tertiary/aromatic N) is 2. The van der Waals surface area contributed by atoms with Crippen LogP contribution in [-0.4, -0.2) is 29.4 Å². The number of carbonyl (C=O) groups excluding carboxylic acids is 1. The Morgan fingerprint density at radius 2 is 1.74 bits per heavy atom. The van der Waals surface area contributed by atoms with Crippen LogP contribution in [-0.2, 0) is 4.79 Å². The van der Waals surface area contributed by atoms with Crippen molar-refractivity contribution in [3.8, 4) is 0 Å². The molecule has 0 saturated heterocycles. The highest BCUT2D eigenvalue weighted by Gasteiger charge is 2.47. The molecule has 0 aromatic rings. The summed E-state index contributed by atoms with van der Waals surface area (Å²) >= 11 is 0. The predicted octanol–water partition coefficient (Wildman–Crippen LogP) is 5.26. The highest BCUT2D eigenvalue weighted by atomic mass is 16.2. The van der Waals surface area contributed by atoms with Gasteiger partial charge in [0.15, 0.2) is 5.96 Å². The molecule has 2 N–H and O–H groups in total. The van der Waals surface area contributed by atoms with E-state index in [0.717, 1.165) is 31.1 Å². The molecule has 27 heavy (non-hydrogen) atoms. The van der Waals surface area contributed by atoms with Gasteiger partial charge in [-0.05, 0) is 43.4 Å². The molecule has 0 bridgehead atoms. The van der Waals surface area contributed by atoms with Gasteiger partial charge in [0, 0.05) is 7.05 Å². The summed E-state index contributed by atoms with van der Waals surface area (Å²) in [5, 5.41) is 0. The van der Waals surface area contributed by atoms with E-state index in [-0.39, 0.29) is 5.91 Å². The molecule has 2 aliphatic carbocycles. The highest BCUT2D eigenvalue weighted by molar-refractivity contribution is 6.06. The summed E-state index contributed by atoms with van der Waals surface area (Å²) in [6.45, 7) is 2.28. The number of likely N-dealkylation sites (N-methyl/N-ethyl adjacent to an activating group) is 1. The van der Waals surface area contributed by atoms with Crippen molar-refractivity contribution in [2.24, 2.45) is 28.5 Å². The molecule has 0 unspecified atom stereocenters. The van der Waals surface area contributed by atoms with Crippen LogP contribution in [0.1, 0.15) is 103 Å². The molecule has 3 aliphatic rings. The van der Waals surface area contributed by atoms with Crippen molar-refractivity contribution in [1.29, 1.82) is 0 Å². The molecule has 2 saturated carbocycles. The van der Waals surface area contributed by atoms with Crippen LogP contribution in [0.4, 0.5) is 0 Å². The minimum Gasteiger partial charge on any atom is -0.369 e. The fourth-order valence-corrected chi connectivity index (χ4v) is 5.90. The van der Waals surface area contributed by atoms with Crippen molar-refractivity contribution in [2.45, 2.75) is 109 Å². The summed E-state index contributed by atoms with van der Waals surface area (Å²) in [6.07, 6.45) is 19.0. The van der Waals surface area contributed by atoms with Gasteiger partial charge in [-0.25, -0.2) is 4.99 Å². The van der Waals surface area contributed by atoms with Gasteiger partial charge in [-0.15, -0.1) is 0 Å². The summed E-state index contributed by atoms with van der Waals surface area (Å²) in [5.74, 6) is 2.87. The number of unbranched alkanes of at least 4 members (excludes halogenated alkanes) is 1. The van der Waals surface area contributed by atoms with E-state index in [2.05, 4.69) is 6.92 Å². The van der Waals surface area contributed by atoms with Crippen LogP contribution in [0.3, 0.4) is 0 Å². The van der Waals surface area contributed by atoms with Crippen LogP contribution in [0.25, 0.3) is 0 Å². The fourth-order valence-electron chi connectivity index (χ4n) is 5.90. The van der Waals surface area contributed by atoms with E-state index < -0.39 is 5.54 Å². The maximum atomic E-state index is 13.2. The lowest BCUT2D eigenvalue weighted by Gasteiger charge is -2.35. The standard InChI is InChI=1S/C23H41N3O/c1-3-4-9-19-12-8-13-20(16-19)17-23(21(27)26(2)22(24)25-23)15-14-18-10-6-5-7-11-18/h18-20H,3-17H2,1-2H3,(H2,24,25)/t19-,20+,23+/m0/s1. The van der Waals surface area contributed by atoms with Crippen molar-refractivity contribution in [2.75, 3.05) is 7.05 Å². The van der Waals surface area contributed by atoms with Crippen molar-refractivity contribution < 1.29 is 4.79 Å². The Labute approximate surface area is 166 Å². The van der Waals surface area contributed by atoms with Gasteiger partial charge in [-0.2, -0.15) is 0 Å². The number of hydrogen-bond donors (Lipinski definition) is 1. The van der Waals surface area contributed by atoms with Crippen molar-refractivity contribution >= 4 is 11.9 Å². The van der Waals surface area contributed by atoms with E-state index in [4.69, 9.17) is 10.7 Å². The SMILES string of the molecule is CCCC[C@H]1CCC[C@@H](C[C@@]2(CCC3CCCCC3)N=C(N)N(C)C2=O)C1. The minimum atomic E-state index is -0.562. The zero-order valence-electron chi connectivity index (χ0n) is 17.7. The minimum absolute atomic E-state index is 0.159. The Balaban J connectivity index is 1.66. The van der Waals surface area contributed by atoms with Gasteiger partial charge >= 0.3 is 0 Å². The smallest absolute Gasteiger partial charge is 0.257 e. The van der Waals surface area contributed by atoms with Gasteiger partial charge in [0.25, 0.3) is 5.91 Å². The van der Waals surface area contributed by atoms with Crippen molar-refractivity contribution in [3.63, 3.8) is 0 Å². The quantitative estimate of drug-likeness (QED) is 0.629.